The molecule has 9 nitrogen and oxygen atoms in total. The Balaban J connectivity index is 2.06. The summed E-state index contributed by atoms with van der Waals surface area (Å²) in [6.45, 7) is 5.61. The molecule has 0 aliphatic carbocycles. The topological polar surface area (TPSA) is 114 Å². The van der Waals surface area contributed by atoms with Crippen LogP contribution in [0.3, 0.4) is 0 Å². The van der Waals surface area contributed by atoms with Crippen LogP contribution in [0.15, 0.2) is 34.2 Å². The Morgan fingerprint density at radius 2 is 1.83 bits per heavy atom. The van der Waals surface area contributed by atoms with Gasteiger partial charge in [-0.25, -0.2) is 9.78 Å². The summed E-state index contributed by atoms with van der Waals surface area (Å²) in [6.07, 6.45) is -0.356. The summed E-state index contributed by atoms with van der Waals surface area (Å²) in [7, 11) is 1.54. The summed E-state index contributed by atoms with van der Waals surface area (Å²) < 4.78 is 16.8. The van der Waals surface area contributed by atoms with Crippen molar-refractivity contribution in [1.82, 2.24) is 9.55 Å². The molecule has 0 aliphatic rings. The molecule has 2 heterocycles. The van der Waals surface area contributed by atoms with Gasteiger partial charge in [-0.1, -0.05) is 30.0 Å². The number of hydrogen-bond donors (Lipinski definition) is 0. The molecular weight excluding hydrogens is 492 g/mol. The molecule has 0 atom stereocenters. The molecule has 0 saturated carbocycles. The van der Waals surface area contributed by atoms with E-state index in [4.69, 9.17) is 14.2 Å². The van der Waals surface area contributed by atoms with E-state index < -0.39 is 11.9 Å². The zero-order valence-corrected chi connectivity index (χ0v) is 21.5. The Bertz CT molecular complexity index is 1310. The van der Waals surface area contributed by atoms with Gasteiger partial charge in [-0.15, -0.1) is 11.3 Å². The van der Waals surface area contributed by atoms with Gasteiger partial charge < -0.3 is 14.2 Å². The minimum atomic E-state index is -0.596. The van der Waals surface area contributed by atoms with Crippen molar-refractivity contribution < 1.29 is 28.6 Å². The van der Waals surface area contributed by atoms with Crippen LogP contribution in [-0.2, 0) is 25.6 Å². The van der Waals surface area contributed by atoms with Gasteiger partial charge in [0.15, 0.2) is 10.9 Å². The Hall–Kier alpha value is -3.18. The van der Waals surface area contributed by atoms with E-state index in [-0.39, 0.29) is 43.3 Å². The number of aromatic nitrogens is 2. The van der Waals surface area contributed by atoms with E-state index in [1.54, 1.807) is 33.9 Å². The number of fused-ring (bicyclic) bond motifs is 1. The van der Waals surface area contributed by atoms with Gasteiger partial charge in [-0.3, -0.25) is 19.0 Å². The molecule has 0 radical (unpaired) electrons. The van der Waals surface area contributed by atoms with Crippen molar-refractivity contribution in [3.8, 4) is 5.75 Å². The SMILES string of the molecule is CCOC(=O)CC(=O)CSc1nc2sc(C(=O)OCC)c(C)c2c(=O)n1Cc1ccccc1OC. The molecule has 0 saturated heterocycles. The number of methoxy groups -OCH3 is 1. The molecule has 0 fully saturated rings. The number of thiophene rings is 1. The van der Waals surface area contributed by atoms with E-state index in [0.29, 0.717) is 31.6 Å². The molecule has 0 bridgehead atoms. The zero-order chi connectivity index (χ0) is 25.5. The zero-order valence-electron chi connectivity index (χ0n) is 19.9. The maximum absolute atomic E-state index is 13.6. The largest absolute Gasteiger partial charge is 0.496 e. The van der Waals surface area contributed by atoms with Gasteiger partial charge in [-0.2, -0.15) is 0 Å². The number of carbonyl (C=O) groups is 3. The lowest BCUT2D eigenvalue weighted by Gasteiger charge is -2.14. The fourth-order valence-electron chi connectivity index (χ4n) is 3.41. The van der Waals surface area contributed by atoms with Gasteiger partial charge in [0.05, 0.1) is 38.0 Å². The van der Waals surface area contributed by atoms with Crippen LogP contribution in [0.4, 0.5) is 0 Å². The standard InChI is InChI=1S/C24H26N2O7S2/c1-5-32-18(28)11-16(27)13-34-24-25-21-19(14(3)20(35-21)23(30)33-6-2)22(29)26(24)12-15-9-7-8-10-17(15)31-4/h7-10H,5-6,11-13H2,1-4H3. The summed E-state index contributed by atoms with van der Waals surface area (Å²) in [6, 6.07) is 7.28. The molecule has 11 heteroatoms. The van der Waals surface area contributed by atoms with Crippen LogP contribution < -0.4 is 10.3 Å². The maximum Gasteiger partial charge on any atom is 0.348 e. The highest BCUT2D eigenvalue weighted by atomic mass is 32.2. The first-order chi connectivity index (χ1) is 16.8. The molecule has 0 spiro atoms. The number of aryl methyl sites for hydroxylation is 1. The van der Waals surface area contributed by atoms with E-state index in [2.05, 4.69) is 4.98 Å². The smallest absolute Gasteiger partial charge is 0.348 e. The van der Waals surface area contributed by atoms with Gasteiger partial charge in [0, 0.05) is 5.56 Å². The van der Waals surface area contributed by atoms with Gasteiger partial charge in [0.1, 0.15) is 21.9 Å². The predicted octanol–water partition coefficient (Wildman–Crippen LogP) is 3.61. The summed E-state index contributed by atoms with van der Waals surface area (Å²) in [5.41, 5.74) is 0.909. The number of esters is 2. The van der Waals surface area contributed by atoms with Crippen LogP contribution in [0.5, 0.6) is 5.75 Å². The van der Waals surface area contributed by atoms with E-state index >= 15 is 0 Å². The third kappa shape index (κ3) is 6.09. The number of benzene rings is 1. The van der Waals surface area contributed by atoms with E-state index in [1.165, 1.54) is 4.57 Å². The lowest BCUT2D eigenvalue weighted by molar-refractivity contribution is -0.145. The number of ketones is 1. The number of nitrogens with zero attached hydrogens (tertiary/aromatic N) is 2. The van der Waals surface area contributed by atoms with Crippen LogP contribution in [0, 0.1) is 6.92 Å². The molecule has 3 rings (SSSR count). The fourth-order valence-corrected chi connectivity index (χ4v) is 5.39. The Kier molecular flexibility index (Phi) is 9.05. The first kappa shape index (κ1) is 26.4. The highest BCUT2D eigenvalue weighted by Crippen LogP contribution is 2.30. The van der Waals surface area contributed by atoms with Crippen molar-refractivity contribution in [3.05, 3.63) is 50.6 Å². The highest BCUT2D eigenvalue weighted by Gasteiger charge is 2.23. The summed E-state index contributed by atoms with van der Waals surface area (Å²) in [4.78, 5) is 55.3. The maximum atomic E-state index is 13.6. The quantitative estimate of drug-likeness (QED) is 0.162. The summed E-state index contributed by atoms with van der Waals surface area (Å²) in [5, 5.41) is 0.623. The van der Waals surface area contributed by atoms with Gasteiger partial charge >= 0.3 is 11.9 Å². The molecule has 0 aliphatic heterocycles. The number of rotatable bonds is 11. The normalized spacial score (nSPS) is 10.9. The second kappa shape index (κ2) is 12.0. The number of carbonyl (C=O) groups excluding carboxylic acids is 3. The Morgan fingerprint density at radius 1 is 1.11 bits per heavy atom. The predicted molar refractivity (Wildman–Crippen MR) is 134 cm³/mol. The first-order valence-electron chi connectivity index (χ1n) is 10.9. The van der Waals surface area contributed by atoms with Crippen LogP contribution in [0.2, 0.25) is 0 Å². The van der Waals surface area contributed by atoms with Crippen molar-refractivity contribution in [2.45, 2.75) is 38.9 Å². The number of ether oxygens (including phenoxy) is 3. The van der Waals surface area contributed by atoms with Gasteiger partial charge in [-0.05, 0) is 32.4 Å². The van der Waals surface area contributed by atoms with Crippen LogP contribution in [-0.4, -0.2) is 53.3 Å². The monoisotopic (exact) mass is 518 g/mol. The first-order valence-corrected chi connectivity index (χ1v) is 12.7. The van der Waals surface area contributed by atoms with Gasteiger partial charge in [0.25, 0.3) is 5.56 Å². The highest BCUT2D eigenvalue weighted by molar-refractivity contribution is 7.99. The Labute approximate surface area is 210 Å². The Morgan fingerprint density at radius 3 is 2.51 bits per heavy atom. The lowest BCUT2D eigenvalue weighted by Crippen LogP contribution is -2.24. The summed E-state index contributed by atoms with van der Waals surface area (Å²) >= 11 is 2.13. The number of hydrogen-bond acceptors (Lipinski definition) is 10. The van der Waals surface area contributed by atoms with Crippen molar-refractivity contribution in [3.63, 3.8) is 0 Å². The second-order valence-corrected chi connectivity index (χ2v) is 9.31. The minimum Gasteiger partial charge on any atom is -0.496 e. The van der Waals surface area contributed by atoms with Crippen molar-refractivity contribution in [2.24, 2.45) is 0 Å². The number of para-hydroxylation sites is 1. The average Bonchev–Trinajstić information content (AvgIpc) is 3.16. The van der Waals surface area contributed by atoms with E-state index in [9.17, 15) is 19.2 Å². The minimum absolute atomic E-state index is 0.0717. The number of thioether (sulfide) groups is 1. The van der Waals surface area contributed by atoms with Gasteiger partial charge in [0.2, 0.25) is 0 Å². The van der Waals surface area contributed by atoms with E-state index in [0.717, 1.165) is 28.7 Å². The molecule has 0 amide bonds. The average molecular weight is 519 g/mol. The van der Waals surface area contributed by atoms with E-state index in [1.807, 2.05) is 18.2 Å². The molecule has 186 valence electrons. The van der Waals surface area contributed by atoms with Crippen molar-refractivity contribution >= 4 is 51.0 Å². The molecule has 1 aromatic carbocycles. The molecule has 0 unspecified atom stereocenters. The molecule has 3 aromatic rings. The summed E-state index contributed by atoms with van der Waals surface area (Å²) in [5.74, 6) is -0.926. The van der Waals surface area contributed by atoms with Crippen molar-refractivity contribution in [2.75, 3.05) is 26.1 Å². The van der Waals surface area contributed by atoms with Crippen LogP contribution in [0.25, 0.3) is 10.2 Å². The molecule has 0 N–H and O–H groups in total. The molecular formula is C24H26N2O7S2. The molecule has 2 aromatic heterocycles. The van der Waals surface area contributed by atoms with Crippen LogP contribution in [0.1, 0.15) is 41.1 Å². The lowest BCUT2D eigenvalue weighted by atomic mass is 10.2. The number of Topliss-reactive ketones (excluding diaryl/α,β-unsaturated/α-hetero) is 1. The second-order valence-electron chi connectivity index (χ2n) is 7.36. The fraction of sp³-hybridized carbons (Fsp3) is 0.375. The van der Waals surface area contributed by atoms with Crippen LogP contribution >= 0.6 is 23.1 Å². The molecule has 35 heavy (non-hydrogen) atoms. The van der Waals surface area contributed by atoms with Crippen molar-refractivity contribution in [1.29, 1.82) is 0 Å². The third-order valence-electron chi connectivity index (χ3n) is 5.01. The third-order valence-corrected chi connectivity index (χ3v) is 7.21.